The minimum absolute atomic E-state index is 0.139. The number of thiazole rings is 1. The summed E-state index contributed by atoms with van der Waals surface area (Å²) in [6.07, 6.45) is -0.602. The fraction of sp³-hybridized carbons (Fsp3) is 0.500. The lowest BCUT2D eigenvalue weighted by atomic mass is 10.2. The Hall–Kier alpha value is -1.80. The van der Waals surface area contributed by atoms with E-state index in [1.165, 1.54) is 23.1 Å². The van der Waals surface area contributed by atoms with Crippen LogP contribution in [-0.2, 0) is 11.3 Å². The fourth-order valence-corrected chi connectivity index (χ4v) is 2.87. The molecule has 2 aromatic heterocycles. The molecule has 0 spiro atoms. The van der Waals surface area contributed by atoms with Crippen molar-refractivity contribution in [1.29, 1.82) is 0 Å². The number of ether oxygens (including phenoxy) is 1. The van der Waals surface area contributed by atoms with E-state index in [0.29, 0.717) is 5.69 Å². The smallest absolute Gasteiger partial charge is 0.360 e. The molecule has 0 amide bonds. The van der Waals surface area contributed by atoms with Gasteiger partial charge in [0.15, 0.2) is 5.69 Å². The summed E-state index contributed by atoms with van der Waals surface area (Å²) in [4.78, 5) is 17.0. The monoisotopic (exact) mass is 296 g/mol. The van der Waals surface area contributed by atoms with E-state index in [2.05, 4.69) is 15.3 Å². The molecule has 0 saturated carbocycles. The number of rotatable bonds is 4. The average molecular weight is 296 g/mol. The van der Waals surface area contributed by atoms with Crippen LogP contribution in [0, 0.1) is 13.8 Å². The summed E-state index contributed by atoms with van der Waals surface area (Å²) in [5.74, 6) is -0.553. The number of esters is 1. The third-order valence-corrected chi connectivity index (χ3v) is 3.75. The minimum Gasteiger partial charge on any atom is -0.464 e. The standard InChI is InChI=1S/C12H16N4O3S/c1-6(17)5-16-10(9(14-15-16)12(18)19-4)11-7(2)13-8(3)20-11/h6,17H,5H2,1-4H3. The van der Waals surface area contributed by atoms with Gasteiger partial charge in [0.2, 0.25) is 0 Å². The van der Waals surface area contributed by atoms with Gasteiger partial charge in [0.1, 0.15) is 5.69 Å². The number of methoxy groups -OCH3 is 1. The van der Waals surface area contributed by atoms with E-state index in [9.17, 15) is 9.90 Å². The van der Waals surface area contributed by atoms with Crippen LogP contribution in [0.4, 0.5) is 0 Å². The first kappa shape index (κ1) is 14.6. The number of aliphatic hydroxyl groups is 1. The predicted molar refractivity (Wildman–Crippen MR) is 73.6 cm³/mol. The molecule has 7 nitrogen and oxygen atoms in total. The van der Waals surface area contributed by atoms with Crippen molar-refractivity contribution in [3.63, 3.8) is 0 Å². The van der Waals surface area contributed by atoms with Crippen molar-refractivity contribution >= 4 is 17.3 Å². The first-order chi connectivity index (χ1) is 9.43. The second-order valence-electron chi connectivity index (χ2n) is 4.46. The molecule has 0 aliphatic rings. The highest BCUT2D eigenvalue weighted by atomic mass is 32.1. The van der Waals surface area contributed by atoms with Crippen LogP contribution in [0.25, 0.3) is 10.6 Å². The molecular weight excluding hydrogens is 280 g/mol. The number of nitrogens with zero attached hydrogens (tertiary/aromatic N) is 4. The van der Waals surface area contributed by atoms with Crippen molar-refractivity contribution in [2.24, 2.45) is 0 Å². The van der Waals surface area contributed by atoms with Gasteiger partial charge in [-0.25, -0.2) is 14.5 Å². The Labute approximate surface area is 120 Å². The zero-order chi connectivity index (χ0) is 14.9. The maximum Gasteiger partial charge on any atom is 0.360 e. The van der Waals surface area contributed by atoms with Gasteiger partial charge in [0.05, 0.1) is 35.3 Å². The number of aliphatic hydroxyl groups excluding tert-OH is 1. The van der Waals surface area contributed by atoms with E-state index in [4.69, 9.17) is 4.74 Å². The van der Waals surface area contributed by atoms with Crippen molar-refractivity contribution < 1.29 is 14.6 Å². The maximum atomic E-state index is 11.8. The van der Waals surface area contributed by atoms with Gasteiger partial charge in [-0.1, -0.05) is 5.21 Å². The van der Waals surface area contributed by atoms with Gasteiger partial charge in [-0.2, -0.15) is 0 Å². The number of aromatic nitrogens is 4. The number of aryl methyl sites for hydroxylation is 2. The van der Waals surface area contributed by atoms with E-state index in [0.717, 1.165) is 15.6 Å². The normalized spacial score (nSPS) is 12.4. The summed E-state index contributed by atoms with van der Waals surface area (Å²) >= 11 is 1.45. The van der Waals surface area contributed by atoms with Crippen molar-refractivity contribution in [2.75, 3.05) is 7.11 Å². The fourth-order valence-electron chi connectivity index (χ4n) is 1.90. The molecule has 1 atom stereocenters. The van der Waals surface area contributed by atoms with Gasteiger partial charge in [0.25, 0.3) is 0 Å². The molecule has 108 valence electrons. The summed E-state index contributed by atoms with van der Waals surface area (Å²) in [6, 6.07) is 0. The maximum absolute atomic E-state index is 11.8. The zero-order valence-corrected chi connectivity index (χ0v) is 12.6. The van der Waals surface area contributed by atoms with Crippen LogP contribution >= 0.6 is 11.3 Å². The Morgan fingerprint density at radius 3 is 2.70 bits per heavy atom. The van der Waals surface area contributed by atoms with Crippen LogP contribution in [0.3, 0.4) is 0 Å². The summed E-state index contributed by atoms with van der Waals surface area (Å²) in [6.45, 7) is 5.64. The van der Waals surface area contributed by atoms with E-state index >= 15 is 0 Å². The summed E-state index contributed by atoms with van der Waals surface area (Å²) in [7, 11) is 1.30. The van der Waals surface area contributed by atoms with Crippen LogP contribution in [0.1, 0.15) is 28.1 Å². The summed E-state index contributed by atoms with van der Waals surface area (Å²) < 4.78 is 6.24. The van der Waals surface area contributed by atoms with Gasteiger partial charge < -0.3 is 9.84 Å². The molecule has 0 aromatic carbocycles. The Morgan fingerprint density at radius 2 is 2.20 bits per heavy atom. The molecule has 2 heterocycles. The number of hydrogen-bond acceptors (Lipinski definition) is 7. The van der Waals surface area contributed by atoms with E-state index in [1.54, 1.807) is 6.92 Å². The lowest BCUT2D eigenvalue weighted by molar-refractivity contribution is 0.0594. The Balaban J connectivity index is 2.60. The number of hydrogen-bond donors (Lipinski definition) is 1. The van der Waals surface area contributed by atoms with E-state index in [-0.39, 0.29) is 12.2 Å². The van der Waals surface area contributed by atoms with Gasteiger partial charge >= 0.3 is 5.97 Å². The number of carbonyl (C=O) groups is 1. The molecule has 0 radical (unpaired) electrons. The molecule has 2 aromatic rings. The van der Waals surface area contributed by atoms with Crippen molar-refractivity contribution in [2.45, 2.75) is 33.4 Å². The molecule has 0 bridgehead atoms. The molecule has 2 rings (SSSR count). The largest absolute Gasteiger partial charge is 0.464 e. The quantitative estimate of drug-likeness (QED) is 0.852. The molecule has 20 heavy (non-hydrogen) atoms. The molecule has 0 fully saturated rings. The molecule has 1 unspecified atom stereocenters. The average Bonchev–Trinajstić information content (AvgIpc) is 2.91. The second-order valence-corrected chi connectivity index (χ2v) is 5.66. The topological polar surface area (TPSA) is 90.1 Å². The van der Waals surface area contributed by atoms with E-state index < -0.39 is 12.1 Å². The van der Waals surface area contributed by atoms with Crippen LogP contribution in [0.15, 0.2) is 0 Å². The van der Waals surface area contributed by atoms with Crippen LogP contribution in [0.2, 0.25) is 0 Å². The SMILES string of the molecule is COC(=O)c1nnn(CC(C)O)c1-c1sc(C)nc1C. The molecule has 0 aliphatic heterocycles. The zero-order valence-electron chi connectivity index (χ0n) is 11.7. The third-order valence-electron chi connectivity index (χ3n) is 2.67. The van der Waals surface area contributed by atoms with Gasteiger partial charge in [-0.3, -0.25) is 0 Å². The van der Waals surface area contributed by atoms with Gasteiger partial charge in [-0.15, -0.1) is 16.4 Å². The van der Waals surface area contributed by atoms with Gasteiger partial charge in [0, 0.05) is 0 Å². The third kappa shape index (κ3) is 2.70. The van der Waals surface area contributed by atoms with Crippen molar-refractivity contribution in [3.05, 3.63) is 16.4 Å². The van der Waals surface area contributed by atoms with Crippen LogP contribution < -0.4 is 0 Å². The van der Waals surface area contributed by atoms with Gasteiger partial charge in [-0.05, 0) is 20.8 Å². The highest BCUT2D eigenvalue weighted by Crippen LogP contribution is 2.31. The molecule has 1 N–H and O–H groups in total. The lowest BCUT2D eigenvalue weighted by Gasteiger charge is -2.08. The Bertz CT molecular complexity index is 633. The second kappa shape index (κ2) is 5.68. The summed E-state index contributed by atoms with van der Waals surface area (Å²) in [5, 5.41) is 18.2. The predicted octanol–water partition coefficient (Wildman–Crippen LogP) is 1.19. The molecule has 8 heteroatoms. The molecular formula is C12H16N4O3S. The van der Waals surface area contributed by atoms with Crippen LogP contribution in [0.5, 0.6) is 0 Å². The number of carbonyl (C=O) groups excluding carboxylic acids is 1. The molecule has 0 aliphatic carbocycles. The van der Waals surface area contributed by atoms with Crippen molar-refractivity contribution in [1.82, 2.24) is 20.0 Å². The summed E-state index contributed by atoms with van der Waals surface area (Å²) in [5.41, 5.74) is 1.48. The van der Waals surface area contributed by atoms with Crippen LogP contribution in [-0.4, -0.2) is 44.3 Å². The Morgan fingerprint density at radius 1 is 1.50 bits per heavy atom. The van der Waals surface area contributed by atoms with E-state index in [1.807, 2.05) is 13.8 Å². The highest BCUT2D eigenvalue weighted by Gasteiger charge is 2.25. The highest BCUT2D eigenvalue weighted by molar-refractivity contribution is 7.15. The van der Waals surface area contributed by atoms with Crippen molar-refractivity contribution in [3.8, 4) is 10.6 Å². The Kier molecular flexibility index (Phi) is 4.15. The molecule has 0 saturated heterocycles. The first-order valence-corrected chi connectivity index (χ1v) is 6.90. The minimum atomic E-state index is -0.602. The first-order valence-electron chi connectivity index (χ1n) is 6.08. The lowest BCUT2D eigenvalue weighted by Crippen LogP contribution is -2.14.